The topological polar surface area (TPSA) is 39.9 Å². The Morgan fingerprint density at radius 3 is 2.87 bits per heavy atom. The van der Waals surface area contributed by atoms with Crippen LogP contribution >= 0.6 is 0 Å². The lowest BCUT2D eigenvalue weighted by Crippen LogP contribution is -2.19. The lowest BCUT2D eigenvalue weighted by molar-refractivity contribution is 0.0659. The van der Waals surface area contributed by atoms with Crippen LogP contribution in [0.2, 0.25) is 0 Å². The van der Waals surface area contributed by atoms with E-state index < -0.39 is 0 Å². The first-order valence-electron chi connectivity index (χ1n) is 7.97. The lowest BCUT2D eigenvalue weighted by atomic mass is 9.96. The molecule has 3 heterocycles. The molecule has 23 heavy (non-hydrogen) atoms. The predicted molar refractivity (Wildman–Crippen MR) is 86.1 cm³/mol. The molecule has 0 spiro atoms. The Morgan fingerprint density at radius 1 is 1.17 bits per heavy atom. The standard InChI is InChI=1S/C18H18FN3O/c19-14-3-1-4-15(12-14)22-17(11-13-6-9-23-10-7-13)21-16-5-2-8-20-18(16)22/h1-5,8,12-13H,6-7,9-11H2. The minimum Gasteiger partial charge on any atom is -0.381 e. The first-order chi connectivity index (χ1) is 11.3. The van der Waals surface area contributed by atoms with E-state index in [9.17, 15) is 4.39 Å². The fourth-order valence-corrected chi connectivity index (χ4v) is 3.19. The van der Waals surface area contributed by atoms with E-state index in [1.807, 2.05) is 22.8 Å². The van der Waals surface area contributed by atoms with Gasteiger partial charge in [-0.1, -0.05) is 6.07 Å². The number of hydrogen-bond donors (Lipinski definition) is 0. The summed E-state index contributed by atoms with van der Waals surface area (Å²) in [6.07, 6.45) is 4.69. The second-order valence-corrected chi connectivity index (χ2v) is 5.95. The monoisotopic (exact) mass is 311 g/mol. The van der Waals surface area contributed by atoms with Crippen LogP contribution in [0, 0.1) is 11.7 Å². The summed E-state index contributed by atoms with van der Waals surface area (Å²) in [6.45, 7) is 1.62. The van der Waals surface area contributed by atoms with Crippen LogP contribution < -0.4 is 0 Å². The third-order valence-corrected chi connectivity index (χ3v) is 4.36. The molecule has 0 saturated carbocycles. The van der Waals surface area contributed by atoms with E-state index in [4.69, 9.17) is 9.72 Å². The van der Waals surface area contributed by atoms with Crippen molar-refractivity contribution in [2.75, 3.05) is 13.2 Å². The molecule has 1 aromatic carbocycles. The highest BCUT2D eigenvalue weighted by atomic mass is 19.1. The number of rotatable bonds is 3. The molecule has 0 atom stereocenters. The van der Waals surface area contributed by atoms with Crippen LogP contribution in [0.3, 0.4) is 0 Å². The largest absolute Gasteiger partial charge is 0.381 e. The molecule has 1 aliphatic rings. The predicted octanol–water partition coefficient (Wildman–Crippen LogP) is 3.53. The molecule has 0 bridgehead atoms. The van der Waals surface area contributed by atoms with Gasteiger partial charge in [-0.25, -0.2) is 14.4 Å². The molecule has 0 unspecified atom stereocenters. The van der Waals surface area contributed by atoms with Crippen molar-refractivity contribution in [3.05, 3.63) is 54.2 Å². The molecular formula is C18H18FN3O. The van der Waals surface area contributed by atoms with Crippen molar-refractivity contribution in [2.45, 2.75) is 19.3 Å². The van der Waals surface area contributed by atoms with Gasteiger partial charge in [0.15, 0.2) is 5.65 Å². The Morgan fingerprint density at radius 2 is 2.04 bits per heavy atom. The quantitative estimate of drug-likeness (QED) is 0.743. The normalized spacial score (nSPS) is 16.0. The first kappa shape index (κ1) is 14.3. The summed E-state index contributed by atoms with van der Waals surface area (Å²) in [5, 5.41) is 0. The van der Waals surface area contributed by atoms with Crippen LogP contribution in [0.25, 0.3) is 16.9 Å². The van der Waals surface area contributed by atoms with Crippen molar-refractivity contribution in [2.24, 2.45) is 5.92 Å². The smallest absolute Gasteiger partial charge is 0.164 e. The Labute approximate surface area is 133 Å². The minimum atomic E-state index is -0.253. The highest BCUT2D eigenvalue weighted by molar-refractivity contribution is 5.73. The summed E-state index contributed by atoms with van der Waals surface area (Å²) < 4.78 is 21.1. The molecule has 0 N–H and O–H groups in total. The maximum absolute atomic E-state index is 13.7. The molecule has 0 radical (unpaired) electrons. The van der Waals surface area contributed by atoms with Gasteiger partial charge in [-0.3, -0.25) is 4.57 Å². The number of halogens is 1. The molecule has 1 fully saturated rings. The van der Waals surface area contributed by atoms with Gasteiger partial charge < -0.3 is 4.74 Å². The van der Waals surface area contributed by atoms with Gasteiger partial charge in [0.1, 0.15) is 17.2 Å². The highest BCUT2D eigenvalue weighted by Crippen LogP contribution is 2.25. The number of hydrogen-bond acceptors (Lipinski definition) is 3. The summed E-state index contributed by atoms with van der Waals surface area (Å²) >= 11 is 0. The zero-order valence-corrected chi connectivity index (χ0v) is 12.8. The van der Waals surface area contributed by atoms with Gasteiger partial charge in [-0.05, 0) is 49.1 Å². The third kappa shape index (κ3) is 2.84. The molecule has 0 amide bonds. The van der Waals surface area contributed by atoms with E-state index in [2.05, 4.69) is 4.98 Å². The van der Waals surface area contributed by atoms with E-state index >= 15 is 0 Å². The van der Waals surface area contributed by atoms with Crippen molar-refractivity contribution in [1.29, 1.82) is 0 Å². The molecule has 4 nitrogen and oxygen atoms in total. The van der Waals surface area contributed by atoms with Crippen LogP contribution in [0.1, 0.15) is 18.7 Å². The van der Waals surface area contributed by atoms with Crippen molar-refractivity contribution in [1.82, 2.24) is 14.5 Å². The van der Waals surface area contributed by atoms with Gasteiger partial charge >= 0.3 is 0 Å². The average Bonchev–Trinajstić information content (AvgIpc) is 2.93. The number of nitrogens with zero attached hydrogens (tertiary/aromatic N) is 3. The van der Waals surface area contributed by atoms with Crippen LogP contribution in [-0.2, 0) is 11.2 Å². The average molecular weight is 311 g/mol. The highest BCUT2D eigenvalue weighted by Gasteiger charge is 2.20. The second-order valence-electron chi connectivity index (χ2n) is 5.95. The van der Waals surface area contributed by atoms with E-state index in [1.54, 1.807) is 12.3 Å². The summed E-state index contributed by atoms with van der Waals surface area (Å²) in [6, 6.07) is 10.4. The Hall–Kier alpha value is -2.27. The Kier molecular flexibility index (Phi) is 3.79. The first-order valence-corrected chi connectivity index (χ1v) is 7.97. The maximum atomic E-state index is 13.7. The van der Waals surface area contributed by atoms with Crippen LogP contribution in [0.5, 0.6) is 0 Å². The van der Waals surface area contributed by atoms with Gasteiger partial charge in [-0.2, -0.15) is 0 Å². The van der Waals surface area contributed by atoms with Gasteiger partial charge in [0, 0.05) is 25.8 Å². The van der Waals surface area contributed by atoms with Gasteiger partial charge in [-0.15, -0.1) is 0 Å². The molecular weight excluding hydrogens is 293 g/mol. The second kappa shape index (κ2) is 6.08. The molecule has 3 aromatic rings. The Balaban J connectivity index is 1.81. The van der Waals surface area contributed by atoms with E-state index in [-0.39, 0.29) is 5.82 Å². The van der Waals surface area contributed by atoms with Crippen molar-refractivity contribution < 1.29 is 9.13 Å². The number of benzene rings is 1. The van der Waals surface area contributed by atoms with Gasteiger partial charge in [0.25, 0.3) is 0 Å². The lowest BCUT2D eigenvalue weighted by Gasteiger charge is -2.22. The number of fused-ring (bicyclic) bond motifs is 1. The molecule has 4 rings (SSSR count). The van der Waals surface area contributed by atoms with Crippen LogP contribution in [-0.4, -0.2) is 27.7 Å². The third-order valence-electron chi connectivity index (χ3n) is 4.36. The summed E-state index contributed by atoms with van der Waals surface area (Å²) in [5.41, 5.74) is 2.40. The van der Waals surface area contributed by atoms with Gasteiger partial charge in [0.2, 0.25) is 0 Å². The van der Waals surface area contributed by atoms with Crippen molar-refractivity contribution in [3.8, 4) is 5.69 Å². The molecule has 2 aromatic heterocycles. The van der Waals surface area contributed by atoms with E-state index in [0.29, 0.717) is 5.92 Å². The zero-order valence-electron chi connectivity index (χ0n) is 12.8. The van der Waals surface area contributed by atoms with Crippen LogP contribution in [0.15, 0.2) is 42.6 Å². The van der Waals surface area contributed by atoms with Crippen LogP contribution in [0.4, 0.5) is 4.39 Å². The SMILES string of the molecule is Fc1cccc(-n2c(CC3CCOCC3)nc3cccnc32)c1. The van der Waals surface area contributed by atoms with Gasteiger partial charge in [0.05, 0.1) is 5.69 Å². The molecule has 5 heteroatoms. The maximum Gasteiger partial charge on any atom is 0.164 e. The minimum absolute atomic E-state index is 0.253. The van der Waals surface area contributed by atoms with E-state index in [1.165, 1.54) is 12.1 Å². The van der Waals surface area contributed by atoms with Crippen molar-refractivity contribution >= 4 is 11.2 Å². The zero-order chi connectivity index (χ0) is 15.6. The fourth-order valence-electron chi connectivity index (χ4n) is 3.19. The number of imidazole rings is 1. The van der Waals surface area contributed by atoms with E-state index in [0.717, 1.165) is 55.2 Å². The number of ether oxygens (including phenoxy) is 1. The Bertz CT molecular complexity index is 824. The fraction of sp³-hybridized carbons (Fsp3) is 0.333. The molecule has 0 aliphatic carbocycles. The number of aromatic nitrogens is 3. The molecule has 118 valence electrons. The summed E-state index contributed by atoms with van der Waals surface area (Å²) in [7, 11) is 0. The summed E-state index contributed by atoms with van der Waals surface area (Å²) in [4.78, 5) is 9.20. The summed E-state index contributed by atoms with van der Waals surface area (Å²) in [5.74, 6) is 1.24. The number of pyridine rings is 1. The molecule has 1 aliphatic heterocycles. The molecule has 1 saturated heterocycles. The van der Waals surface area contributed by atoms with Crippen molar-refractivity contribution in [3.63, 3.8) is 0 Å².